The van der Waals surface area contributed by atoms with Gasteiger partial charge in [-0.3, -0.25) is 9.59 Å². The Balaban J connectivity index is 0.000000293. The van der Waals surface area contributed by atoms with Crippen molar-refractivity contribution in [3.05, 3.63) is 129 Å². The van der Waals surface area contributed by atoms with E-state index in [0.717, 1.165) is 11.1 Å². The molecule has 0 spiro atoms. The van der Waals surface area contributed by atoms with E-state index in [1.807, 2.05) is 66.8 Å². The Labute approximate surface area is 305 Å². The van der Waals surface area contributed by atoms with Gasteiger partial charge in [-0.05, 0) is 55.9 Å². The quantitative estimate of drug-likeness (QED) is 0.0520. The largest absolute Gasteiger partial charge is 0.463 e. The Morgan fingerprint density at radius 2 is 1.44 bits per heavy atom. The Bertz CT molecular complexity index is 1890. The summed E-state index contributed by atoms with van der Waals surface area (Å²) in [6, 6.07) is 14.5. The topological polar surface area (TPSA) is 139 Å². The fourth-order valence-corrected chi connectivity index (χ4v) is 4.44. The van der Waals surface area contributed by atoms with Gasteiger partial charge in [0, 0.05) is 35.1 Å². The first-order chi connectivity index (χ1) is 24.1. The van der Waals surface area contributed by atoms with Crippen LogP contribution in [0.2, 0.25) is 0 Å². The number of allylic oxidation sites excluding steroid dienone is 1. The average molecular weight is 789 g/mol. The number of aryl methyl sites for hydroxylation is 1. The van der Waals surface area contributed by atoms with Crippen molar-refractivity contribution in [3.8, 4) is 24.2 Å². The van der Waals surface area contributed by atoms with E-state index in [9.17, 15) is 19.2 Å². The van der Waals surface area contributed by atoms with Crippen LogP contribution >= 0.6 is 22.6 Å². The van der Waals surface area contributed by atoms with Gasteiger partial charge in [0.1, 0.15) is 0 Å². The third-order valence-electron chi connectivity index (χ3n) is 6.58. The summed E-state index contributed by atoms with van der Waals surface area (Å²) in [4.78, 5) is 54.1. The molecule has 50 heavy (non-hydrogen) atoms. The second-order valence-corrected chi connectivity index (χ2v) is 10.7. The number of carbonyl (C=O) groups excluding carboxylic acids is 4. The van der Waals surface area contributed by atoms with Crippen LogP contribution in [0, 0.1) is 31.1 Å². The van der Waals surface area contributed by atoms with Gasteiger partial charge in [0.05, 0.1) is 25.1 Å². The standard InChI is InChI=1S/C19H17NO4.C15H13NO2.C5H7IO2/c1-3-23-18(21)11-7-4-8-14(2)15-9-5-6-10-16(15)19(22)17-12-20-13-24-17;1-4-10(2)12-7-5-6-8-13(12)14(17)15-11(3)16-9-18-15;1-2-8-5(7)3-4-6/h5-7,9-14H,3H2,1-2H3;1,5-10H,2-3H3;3-4H,2H2,1H3/b11-7-;;4-3-. The lowest BCUT2D eigenvalue weighted by Crippen LogP contribution is -2.07. The molecule has 2 atom stereocenters. The molecule has 10 nitrogen and oxygen atoms in total. The van der Waals surface area contributed by atoms with E-state index in [1.165, 1.54) is 37.2 Å². The highest BCUT2D eigenvalue weighted by molar-refractivity contribution is 14.1. The van der Waals surface area contributed by atoms with E-state index in [4.69, 9.17) is 20.0 Å². The van der Waals surface area contributed by atoms with Crippen LogP contribution in [0.3, 0.4) is 0 Å². The van der Waals surface area contributed by atoms with E-state index < -0.39 is 5.97 Å². The minimum atomic E-state index is -0.430. The lowest BCUT2D eigenvalue weighted by molar-refractivity contribution is -0.138. The summed E-state index contributed by atoms with van der Waals surface area (Å²) in [6.45, 7) is 9.80. The first-order valence-corrected chi connectivity index (χ1v) is 16.6. The first kappa shape index (κ1) is 40.6. The third kappa shape index (κ3) is 12.8. The monoisotopic (exact) mass is 788 g/mol. The highest BCUT2D eigenvalue weighted by Gasteiger charge is 2.21. The molecule has 0 saturated heterocycles. The number of nitrogens with zero attached hydrogens (tertiary/aromatic N) is 2. The van der Waals surface area contributed by atoms with E-state index in [2.05, 4.69) is 32.5 Å². The molecule has 0 saturated carbocycles. The van der Waals surface area contributed by atoms with Crippen LogP contribution in [0.1, 0.15) is 88.6 Å². The maximum absolute atomic E-state index is 12.5. The number of aromatic nitrogens is 2. The van der Waals surface area contributed by atoms with E-state index in [1.54, 1.807) is 43.1 Å². The van der Waals surface area contributed by atoms with Crippen molar-refractivity contribution < 1.29 is 37.5 Å². The average Bonchev–Trinajstić information content (AvgIpc) is 3.82. The van der Waals surface area contributed by atoms with Crippen LogP contribution in [0.15, 0.2) is 98.7 Å². The molecule has 0 fully saturated rings. The Morgan fingerprint density at radius 1 is 0.860 bits per heavy atom. The molecule has 0 N–H and O–H groups in total. The van der Waals surface area contributed by atoms with Gasteiger partial charge in [0.25, 0.3) is 0 Å². The molecule has 2 aromatic carbocycles. The molecule has 4 rings (SSSR count). The van der Waals surface area contributed by atoms with Crippen molar-refractivity contribution in [1.82, 2.24) is 9.97 Å². The Morgan fingerprint density at radius 3 is 1.96 bits per heavy atom. The molecule has 2 aromatic heterocycles. The fourth-order valence-electron chi connectivity index (χ4n) is 4.15. The van der Waals surface area contributed by atoms with Gasteiger partial charge in [0.2, 0.25) is 11.6 Å². The number of ketones is 2. The lowest BCUT2D eigenvalue weighted by atomic mass is 9.93. The van der Waals surface area contributed by atoms with Gasteiger partial charge >= 0.3 is 11.9 Å². The molecule has 11 heteroatoms. The molecule has 0 radical (unpaired) electrons. The fraction of sp³-hybridized carbons (Fsp3) is 0.231. The number of ether oxygens (including phenoxy) is 2. The first-order valence-electron chi connectivity index (χ1n) is 15.4. The second kappa shape index (κ2) is 22.2. The normalized spacial score (nSPS) is 11.4. The van der Waals surface area contributed by atoms with Crippen molar-refractivity contribution >= 4 is 46.1 Å². The summed E-state index contributed by atoms with van der Waals surface area (Å²) in [7, 11) is 0. The van der Waals surface area contributed by atoms with Crippen LogP contribution in [-0.4, -0.2) is 46.7 Å². The molecular formula is C39H37IN2O8. The highest BCUT2D eigenvalue weighted by atomic mass is 127. The van der Waals surface area contributed by atoms with Gasteiger partial charge in [0.15, 0.2) is 24.3 Å². The molecule has 0 bridgehead atoms. The number of hydrogen-bond donors (Lipinski definition) is 0. The van der Waals surface area contributed by atoms with Crippen LogP contribution in [0.4, 0.5) is 0 Å². The molecule has 0 aliphatic rings. The number of oxazole rings is 2. The van der Waals surface area contributed by atoms with Gasteiger partial charge in [-0.25, -0.2) is 19.6 Å². The number of benzene rings is 2. The summed E-state index contributed by atoms with van der Waals surface area (Å²) in [5, 5.41) is 0. The van der Waals surface area contributed by atoms with Crippen molar-refractivity contribution in [3.63, 3.8) is 0 Å². The van der Waals surface area contributed by atoms with Gasteiger partial charge in [-0.1, -0.05) is 88.9 Å². The Kier molecular flexibility index (Phi) is 18.0. The molecule has 4 aromatic rings. The smallest absolute Gasteiger partial charge is 0.331 e. The van der Waals surface area contributed by atoms with Crippen molar-refractivity contribution in [2.75, 3.05) is 13.2 Å². The summed E-state index contributed by atoms with van der Waals surface area (Å²) < 4.78 is 21.2. The molecule has 2 unspecified atom stereocenters. The van der Waals surface area contributed by atoms with Gasteiger partial charge in [-0.15, -0.1) is 6.42 Å². The highest BCUT2D eigenvalue weighted by Crippen LogP contribution is 2.23. The maximum Gasteiger partial charge on any atom is 0.331 e. The van der Waals surface area contributed by atoms with Crippen molar-refractivity contribution in [2.24, 2.45) is 0 Å². The maximum atomic E-state index is 12.5. The number of hydrogen-bond acceptors (Lipinski definition) is 10. The minimum Gasteiger partial charge on any atom is -0.463 e. The molecule has 2 heterocycles. The van der Waals surface area contributed by atoms with Crippen LogP contribution in [0.25, 0.3) is 0 Å². The van der Waals surface area contributed by atoms with E-state index >= 15 is 0 Å². The van der Waals surface area contributed by atoms with Crippen LogP contribution in [0.5, 0.6) is 0 Å². The summed E-state index contributed by atoms with van der Waals surface area (Å²) in [6.07, 6.45) is 13.4. The Hall–Kier alpha value is -5.53. The third-order valence-corrected chi connectivity index (χ3v) is 6.94. The summed E-state index contributed by atoms with van der Waals surface area (Å²) >= 11 is 1.96. The number of halogens is 1. The summed E-state index contributed by atoms with van der Waals surface area (Å²) in [5.74, 6) is 7.45. The number of esters is 2. The van der Waals surface area contributed by atoms with E-state index in [0.29, 0.717) is 30.0 Å². The molecule has 0 aliphatic heterocycles. The molecule has 0 amide bonds. The predicted octanol–water partition coefficient (Wildman–Crippen LogP) is 7.58. The van der Waals surface area contributed by atoms with Crippen LogP contribution in [-0.2, 0) is 19.1 Å². The zero-order valence-electron chi connectivity index (χ0n) is 28.3. The second-order valence-electron chi connectivity index (χ2n) is 9.99. The molecule has 0 aliphatic carbocycles. The zero-order valence-corrected chi connectivity index (χ0v) is 30.5. The molecule has 258 valence electrons. The minimum absolute atomic E-state index is 0.117. The van der Waals surface area contributed by atoms with Crippen LogP contribution < -0.4 is 0 Å². The zero-order chi connectivity index (χ0) is 36.9. The lowest BCUT2D eigenvalue weighted by Gasteiger charge is -2.09. The predicted molar refractivity (Wildman–Crippen MR) is 196 cm³/mol. The van der Waals surface area contributed by atoms with E-state index in [-0.39, 0.29) is 40.9 Å². The van der Waals surface area contributed by atoms with Crippen molar-refractivity contribution in [2.45, 2.75) is 46.5 Å². The summed E-state index contributed by atoms with van der Waals surface area (Å²) in [5.41, 5.74) is 3.30. The number of rotatable bonds is 10. The SMILES string of the molecule is C#CC(C)c1ccccc1C(=O)c1ocnc1C.CCOC(=O)/C=C\C#CC(C)c1ccccc1C(=O)c1cnco1.CCOC(=O)/C=C\I. The number of carbonyl (C=O) groups is 4. The molecular weight excluding hydrogens is 751 g/mol. The van der Waals surface area contributed by atoms with Crippen molar-refractivity contribution in [1.29, 1.82) is 0 Å². The van der Waals surface area contributed by atoms with Gasteiger partial charge < -0.3 is 18.3 Å². The number of terminal acetylenes is 1. The van der Waals surface area contributed by atoms with Gasteiger partial charge in [-0.2, -0.15) is 0 Å².